The van der Waals surface area contributed by atoms with E-state index in [0.717, 1.165) is 41.7 Å². The van der Waals surface area contributed by atoms with Gasteiger partial charge in [0.15, 0.2) is 0 Å². The van der Waals surface area contributed by atoms with Crippen molar-refractivity contribution in [2.24, 2.45) is 40.4 Å². The Hall–Kier alpha value is -0.0800. The second-order valence-corrected chi connectivity index (χ2v) is 12.0. The van der Waals surface area contributed by atoms with Crippen molar-refractivity contribution in [3.63, 3.8) is 0 Å². The summed E-state index contributed by atoms with van der Waals surface area (Å²) in [5, 5.41) is 0. The van der Waals surface area contributed by atoms with Crippen LogP contribution in [0.25, 0.3) is 0 Å². The smallest absolute Gasteiger partial charge is 0.00944 e. The van der Waals surface area contributed by atoms with E-state index in [1.54, 1.807) is 0 Å². The average molecular weight is 375 g/mol. The lowest BCUT2D eigenvalue weighted by Gasteiger charge is -2.62. The summed E-state index contributed by atoms with van der Waals surface area (Å²) in [5.74, 6) is 4.95. The van der Waals surface area contributed by atoms with Crippen LogP contribution >= 0.6 is 0 Å². The zero-order chi connectivity index (χ0) is 19.6. The van der Waals surface area contributed by atoms with Crippen molar-refractivity contribution in [3.05, 3.63) is 0 Å². The molecule has 4 aliphatic rings. The summed E-state index contributed by atoms with van der Waals surface area (Å²) < 4.78 is 0. The minimum Gasteiger partial charge on any atom is -0.306 e. The molecule has 0 aromatic carbocycles. The van der Waals surface area contributed by atoms with E-state index < -0.39 is 0 Å². The van der Waals surface area contributed by atoms with Gasteiger partial charge in [-0.1, -0.05) is 13.8 Å². The Morgan fingerprint density at radius 3 is 2.11 bits per heavy atom. The Morgan fingerprint density at radius 1 is 0.778 bits per heavy atom. The van der Waals surface area contributed by atoms with Gasteiger partial charge in [0.2, 0.25) is 0 Å². The monoisotopic (exact) mass is 374 g/mol. The first-order chi connectivity index (χ1) is 12.7. The lowest BCUT2D eigenvalue weighted by molar-refractivity contribution is -0.122. The van der Waals surface area contributed by atoms with Crippen molar-refractivity contribution in [1.82, 2.24) is 9.80 Å². The van der Waals surface area contributed by atoms with E-state index in [9.17, 15) is 0 Å². The molecule has 0 saturated heterocycles. The molecular weight excluding hydrogens is 328 g/mol. The van der Waals surface area contributed by atoms with Gasteiger partial charge in [0.05, 0.1) is 0 Å². The first-order valence-corrected chi connectivity index (χ1v) is 12.0. The van der Waals surface area contributed by atoms with Crippen molar-refractivity contribution in [2.75, 3.05) is 28.2 Å². The molecule has 0 aromatic rings. The molecule has 9 atom stereocenters. The molecule has 2 nitrogen and oxygen atoms in total. The Kier molecular flexibility index (Phi) is 5.25. The van der Waals surface area contributed by atoms with Crippen LogP contribution in [-0.4, -0.2) is 50.1 Å². The second kappa shape index (κ2) is 7.01. The first kappa shape index (κ1) is 20.2. The molecule has 0 amide bonds. The predicted octanol–water partition coefficient (Wildman–Crippen LogP) is 5.53. The molecule has 0 bridgehead atoms. The quantitative estimate of drug-likeness (QED) is 0.641. The highest BCUT2D eigenvalue weighted by atomic mass is 15.1. The van der Waals surface area contributed by atoms with Crippen LogP contribution in [0.15, 0.2) is 0 Å². The van der Waals surface area contributed by atoms with Crippen LogP contribution < -0.4 is 0 Å². The van der Waals surface area contributed by atoms with Crippen LogP contribution in [-0.2, 0) is 0 Å². The summed E-state index contributed by atoms with van der Waals surface area (Å²) in [6.45, 7) is 7.91. The number of rotatable bonds is 3. The fraction of sp³-hybridized carbons (Fsp3) is 1.00. The van der Waals surface area contributed by atoms with E-state index in [0.29, 0.717) is 10.8 Å². The van der Waals surface area contributed by atoms with E-state index in [2.05, 4.69) is 58.8 Å². The minimum atomic E-state index is 0.606. The molecule has 0 N–H and O–H groups in total. The van der Waals surface area contributed by atoms with Crippen molar-refractivity contribution in [1.29, 1.82) is 0 Å². The summed E-state index contributed by atoms with van der Waals surface area (Å²) in [7, 11) is 9.19. The Bertz CT molecular complexity index is 542. The molecule has 0 unspecified atom stereocenters. The molecule has 0 spiro atoms. The van der Waals surface area contributed by atoms with Crippen LogP contribution in [0.1, 0.15) is 78.6 Å². The second-order valence-electron chi connectivity index (χ2n) is 12.0. The predicted molar refractivity (Wildman–Crippen MR) is 116 cm³/mol. The van der Waals surface area contributed by atoms with Crippen LogP contribution in [0.2, 0.25) is 0 Å². The van der Waals surface area contributed by atoms with Gasteiger partial charge in [0.25, 0.3) is 0 Å². The van der Waals surface area contributed by atoms with Gasteiger partial charge in [-0.25, -0.2) is 0 Å². The molecule has 156 valence electrons. The molecule has 4 saturated carbocycles. The van der Waals surface area contributed by atoms with Gasteiger partial charge >= 0.3 is 0 Å². The maximum atomic E-state index is 2.72. The molecule has 0 heterocycles. The standard InChI is InChI=1S/C25H46N2/c1-17(26(4)5)21-10-11-22-20-9-8-18-16-19(27(6)7)12-14-24(18,2)23(20)13-15-25(21,22)3/h17-23H,8-16H2,1-7H3/t17-,18-,19+,20-,21+,22+,23-,24-,25+/m0/s1. The van der Waals surface area contributed by atoms with E-state index in [1.807, 2.05) is 0 Å². The third-order valence-electron chi connectivity index (χ3n) is 10.8. The number of hydrogen-bond donors (Lipinski definition) is 0. The highest BCUT2D eigenvalue weighted by molar-refractivity contribution is 5.10. The SMILES string of the molecule is C[C@@H]([C@H]1CC[C@@H]2[C@@H]3CC[C@H]4C[C@H](N(C)C)CC[C@]4(C)[C@H]3CC[C@@]21C)N(C)C. The Labute approximate surface area is 169 Å². The van der Waals surface area contributed by atoms with Gasteiger partial charge < -0.3 is 9.80 Å². The van der Waals surface area contributed by atoms with Crippen molar-refractivity contribution in [2.45, 2.75) is 90.6 Å². The van der Waals surface area contributed by atoms with Gasteiger partial charge in [-0.2, -0.15) is 0 Å². The van der Waals surface area contributed by atoms with Crippen molar-refractivity contribution in [3.8, 4) is 0 Å². The van der Waals surface area contributed by atoms with Gasteiger partial charge in [-0.05, 0) is 133 Å². The van der Waals surface area contributed by atoms with Crippen LogP contribution in [0.5, 0.6) is 0 Å². The fourth-order valence-electron chi connectivity index (χ4n) is 8.90. The molecule has 0 aromatic heterocycles. The van der Waals surface area contributed by atoms with Gasteiger partial charge in [0.1, 0.15) is 0 Å². The summed E-state index contributed by atoms with van der Waals surface area (Å²) >= 11 is 0. The lowest BCUT2D eigenvalue weighted by atomic mass is 9.44. The van der Waals surface area contributed by atoms with Gasteiger partial charge in [0, 0.05) is 12.1 Å². The molecule has 0 radical (unpaired) electrons. The molecule has 4 aliphatic carbocycles. The average Bonchev–Trinajstić information content (AvgIpc) is 2.97. The van der Waals surface area contributed by atoms with Crippen molar-refractivity contribution < 1.29 is 0 Å². The van der Waals surface area contributed by atoms with E-state index >= 15 is 0 Å². The summed E-state index contributed by atoms with van der Waals surface area (Å²) in [5.41, 5.74) is 1.25. The van der Waals surface area contributed by atoms with Crippen molar-refractivity contribution >= 4 is 0 Å². The molecule has 2 heteroatoms. The normalized spacial score (nSPS) is 51.0. The van der Waals surface area contributed by atoms with E-state index in [1.165, 1.54) is 57.8 Å². The molecule has 4 fully saturated rings. The molecule has 27 heavy (non-hydrogen) atoms. The third-order valence-corrected chi connectivity index (χ3v) is 10.8. The minimum absolute atomic E-state index is 0.606. The third kappa shape index (κ3) is 3.03. The van der Waals surface area contributed by atoms with E-state index in [-0.39, 0.29) is 0 Å². The summed E-state index contributed by atoms with van der Waals surface area (Å²) in [4.78, 5) is 5.00. The number of hydrogen-bond acceptors (Lipinski definition) is 2. The maximum Gasteiger partial charge on any atom is 0.00944 e. The van der Waals surface area contributed by atoms with Gasteiger partial charge in [-0.15, -0.1) is 0 Å². The van der Waals surface area contributed by atoms with Gasteiger partial charge in [-0.3, -0.25) is 0 Å². The Balaban J connectivity index is 1.54. The zero-order valence-corrected chi connectivity index (χ0v) is 19.3. The maximum absolute atomic E-state index is 2.72. The summed E-state index contributed by atoms with van der Waals surface area (Å²) in [6, 6.07) is 1.57. The molecular formula is C25H46N2. The topological polar surface area (TPSA) is 6.48 Å². The van der Waals surface area contributed by atoms with Crippen LogP contribution in [0, 0.1) is 40.4 Å². The first-order valence-electron chi connectivity index (χ1n) is 12.0. The number of fused-ring (bicyclic) bond motifs is 5. The summed E-state index contributed by atoms with van der Waals surface area (Å²) in [6.07, 6.45) is 13.5. The molecule has 4 rings (SSSR count). The van der Waals surface area contributed by atoms with E-state index in [4.69, 9.17) is 0 Å². The Morgan fingerprint density at radius 2 is 1.44 bits per heavy atom. The highest BCUT2D eigenvalue weighted by Crippen LogP contribution is 2.68. The zero-order valence-electron chi connectivity index (χ0n) is 19.3. The number of nitrogens with zero attached hydrogens (tertiary/aromatic N) is 2. The van der Waals surface area contributed by atoms with Crippen LogP contribution in [0.3, 0.4) is 0 Å². The largest absolute Gasteiger partial charge is 0.306 e. The van der Waals surface area contributed by atoms with Crippen LogP contribution in [0.4, 0.5) is 0 Å². The fourth-order valence-corrected chi connectivity index (χ4v) is 8.90. The lowest BCUT2D eigenvalue weighted by Crippen LogP contribution is -2.55. The highest BCUT2D eigenvalue weighted by Gasteiger charge is 2.60. The molecule has 0 aliphatic heterocycles.